The highest BCUT2D eigenvalue weighted by Gasteiger charge is 2.55. The monoisotopic (exact) mass is 307 g/mol. The van der Waals surface area contributed by atoms with E-state index in [1.54, 1.807) is 17.5 Å². The van der Waals surface area contributed by atoms with Gasteiger partial charge in [-0.1, -0.05) is 19.4 Å². The summed E-state index contributed by atoms with van der Waals surface area (Å²) in [5.41, 5.74) is 0. The van der Waals surface area contributed by atoms with Crippen LogP contribution in [0, 0.1) is 17.8 Å². The van der Waals surface area contributed by atoms with Gasteiger partial charge in [0.05, 0.1) is 11.8 Å². The largest absolute Gasteiger partial charge is 0.479 e. The third-order valence-electron chi connectivity index (χ3n) is 4.65. The zero-order valence-electron chi connectivity index (χ0n) is 11.7. The fourth-order valence-corrected chi connectivity index (χ4v) is 4.36. The van der Waals surface area contributed by atoms with E-state index in [1.807, 2.05) is 0 Å². The molecular formula is C15H17NO4S. The molecule has 3 unspecified atom stereocenters. The number of likely N-dealkylation sites (tertiary alicyclic amines) is 1. The van der Waals surface area contributed by atoms with E-state index in [1.165, 1.54) is 11.3 Å². The first-order valence-corrected chi connectivity index (χ1v) is 8.05. The third-order valence-corrected chi connectivity index (χ3v) is 5.58. The highest BCUT2D eigenvalue weighted by atomic mass is 32.1. The van der Waals surface area contributed by atoms with Crippen LogP contribution in [0.25, 0.3) is 0 Å². The lowest BCUT2D eigenvalue weighted by Crippen LogP contribution is -2.39. The summed E-state index contributed by atoms with van der Waals surface area (Å²) in [5.74, 6) is -1.98. The van der Waals surface area contributed by atoms with Gasteiger partial charge in [0.1, 0.15) is 0 Å². The van der Waals surface area contributed by atoms with Gasteiger partial charge in [0.25, 0.3) is 0 Å². The summed E-state index contributed by atoms with van der Waals surface area (Å²) in [6, 6.07) is 2.22. The highest BCUT2D eigenvalue weighted by molar-refractivity contribution is 7.10. The summed E-state index contributed by atoms with van der Waals surface area (Å²) < 4.78 is 0. The number of aliphatic carboxylic acids is 1. The van der Waals surface area contributed by atoms with Gasteiger partial charge in [-0.05, 0) is 30.2 Å². The molecule has 6 heteroatoms. The van der Waals surface area contributed by atoms with Crippen LogP contribution in [0.15, 0.2) is 17.5 Å². The van der Waals surface area contributed by atoms with Crippen molar-refractivity contribution in [2.24, 2.45) is 17.8 Å². The molecule has 3 rings (SSSR count). The summed E-state index contributed by atoms with van der Waals surface area (Å²) in [7, 11) is 0. The van der Waals surface area contributed by atoms with Crippen molar-refractivity contribution in [3.8, 4) is 0 Å². The molecule has 1 aliphatic carbocycles. The van der Waals surface area contributed by atoms with Crippen LogP contribution in [0.5, 0.6) is 0 Å². The predicted octanol–water partition coefficient (Wildman–Crippen LogP) is 2.30. The van der Waals surface area contributed by atoms with E-state index >= 15 is 0 Å². The number of rotatable bonds is 4. The van der Waals surface area contributed by atoms with E-state index in [0.29, 0.717) is 23.6 Å². The molecule has 0 spiro atoms. The minimum absolute atomic E-state index is 0.304. The van der Waals surface area contributed by atoms with Crippen LogP contribution < -0.4 is 0 Å². The number of carboxylic acids is 1. The van der Waals surface area contributed by atoms with Gasteiger partial charge in [-0.15, -0.1) is 11.3 Å². The number of carbonyl (C=O) groups is 3. The van der Waals surface area contributed by atoms with E-state index in [-0.39, 0.29) is 23.7 Å². The van der Waals surface area contributed by atoms with Gasteiger partial charge < -0.3 is 5.11 Å². The fraction of sp³-hybridized carbons (Fsp3) is 0.533. The number of carboxylic acid groups (broad SMARTS) is 1. The van der Waals surface area contributed by atoms with Gasteiger partial charge >= 0.3 is 5.97 Å². The molecule has 1 aromatic rings. The van der Waals surface area contributed by atoms with Crippen molar-refractivity contribution in [3.63, 3.8) is 0 Å². The summed E-state index contributed by atoms with van der Waals surface area (Å²) >= 11 is 1.26. The van der Waals surface area contributed by atoms with Crippen molar-refractivity contribution in [2.75, 3.05) is 0 Å². The molecular weight excluding hydrogens is 290 g/mol. The zero-order valence-corrected chi connectivity index (χ0v) is 12.5. The molecule has 112 valence electrons. The molecule has 0 bridgehead atoms. The second kappa shape index (κ2) is 5.26. The van der Waals surface area contributed by atoms with E-state index < -0.39 is 12.0 Å². The number of fused-ring (bicyclic) bond motifs is 1. The Hall–Kier alpha value is -1.69. The summed E-state index contributed by atoms with van der Waals surface area (Å²) in [4.78, 5) is 38.2. The number of imide groups is 1. The topological polar surface area (TPSA) is 74.7 Å². The molecule has 21 heavy (non-hydrogen) atoms. The molecule has 0 aromatic carbocycles. The molecule has 1 saturated heterocycles. The summed E-state index contributed by atoms with van der Waals surface area (Å²) in [6.07, 6.45) is 2.37. The third kappa shape index (κ3) is 2.18. The number of hydrogen-bond acceptors (Lipinski definition) is 4. The molecule has 0 radical (unpaired) electrons. The minimum Gasteiger partial charge on any atom is -0.479 e. The lowest BCUT2D eigenvalue weighted by molar-refractivity contribution is -0.155. The Kier molecular flexibility index (Phi) is 3.57. The molecule has 1 aromatic heterocycles. The van der Waals surface area contributed by atoms with Crippen molar-refractivity contribution >= 4 is 29.1 Å². The molecule has 2 heterocycles. The second-order valence-corrected chi connectivity index (χ2v) is 6.74. The molecule has 2 amide bonds. The van der Waals surface area contributed by atoms with Crippen LogP contribution in [0.4, 0.5) is 0 Å². The number of amides is 2. The number of thiophene rings is 1. The van der Waals surface area contributed by atoms with Crippen molar-refractivity contribution in [1.82, 2.24) is 4.90 Å². The highest BCUT2D eigenvalue weighted by Crippen LogP contribution is 2.46. The molecule has 5 nitrogen and oxygen atoms in total. The normalized spacial score (nSPS) is 29.8. The quantitative estimate of drug-likeness (QED) is 0.866. The van der Waals surface area contributed by atoms with Crippen molar-refractivity contribution in [2.45, 2.75) is 32.2 Å². The van der Waals surface area contributed by atoms with Gasteiger partial charge in [-0.3, -0.25) is 14.5 Å². The average molecular weight is 307 g/mol. The Morgan fingerprint density at radius 2 is 2.00 bits per heavy atom. The second-order valence-electron chi connectivity index (χ2n) is 5.76. The molecule has 2 fully saturated rings. The summed E-state index contributed by atoms with van der Waals surface area (Å²) in [5, 5.41) is 11.2. The van der Waals surface area contributed by atoms with Crippen LogP contribution in [-0.2, 0) is 14.4 Å². The van der Waals surface area contributed by atoms with E-state index in [2.05, 4.69) is 6.92 Å². The standard InChI is InChI=1S/C15H17NO4S/c1-2-8-6-9-10(7-8)14(18)16(13(9)17)12(15(19)20)11-4-3-5-21-11/h3-5,8-10,12H,2,6-7H2,1H3,(H,19,20). The van der Waals surface area contributed by atoms with E-state index in [0.717, 1.165) is 11.3 Å². The van der Waals surface area contributed by atoms with Crippen molar-refractivity contribution in [1.29, 1.82) is 0 Å². The first-order valence-electron chi connectivity index (χ1n) is 7.17. The maximum absolute atomic E-state index is 12.5. The maximum atomic E-state index is 12.5. The van der Waals surface area contributed by atoms with Crippen molar-refractivity contribution < 1.29 is 19.5 Å². The zero-order chi connectivity index (χ0) is 15.1. The number of nitrogens with zero attached hydrogens (tertiary/aromatic N) is 1. The Morgan fingerprint density at radius 3 is 2.43 bits per heavy atom. The van der Waals surface area contributed by atoms with Crippen LogP contribution in [-0.4, -0.2) is 27.8 Å². The molecule has 1 N–H and O–H groups in total. The van der Waals surface area contributed by atoms with Gasteiger partial charge in [0, 0.05) is 4.88 Å². The van der Waals surface area contributed by atoms with E-state index in [4.69, 9.17) is 0 Å². The van der Waals surface area contributed by atoms with Crippen LogP contribution in [0.3, 0.4) is 0 Å². The maximum Gasteiger partial charge on any atom is 0.332 e. The van der Waals surface area contributed by atoms with Crippen molar-refractivity contribution in [3.05, 3.63) is 22.4 Å². The lowest BCUT2D eigenvalue weighted by atomic mass is 10.00. The number of hydrogen-bond donors (Lipinski definition) is 1. The van der Waals surface area contributed by atoms with Gasteiger partial charge in [0.15, 0.2) is 6.04 Å². The predicted molar refractivity (Wildman–Crippen MR) is 76.5 cm³/mol. The number of carbonyl (C=O) groups excluding carboxylic acids is 2. The van der Waals surface area contributed by atoms with Crippen LogP contribution in [0.2, 0.25) is 0 Å². The molecule has 2 aliphatic rings. The Morgan fingerprint density at radius 1 is 1.38 bits per heavy atom. The SMILES string of the molecule is CCC1CC2C(=O)N(C(C(=O)O)c3cccs3)C(=O)C2C1. The molecule has 1 aliphatic heterocycles. The summed E-state index contributed by atoms with van der Waals surface area (Å²) in [6.45, 7) is 2.06. The Balaban J connectivity index is 1.91. The fourth-order valence-electron chi connectivity index (χ4n) is 3.55. The average Bonchev–Trinajstić information content (AvgIpc) is 3.14. The van der Waals surface area contributed by atoms with Crippen LogP contribution >= 0.6 is 11.3 Å². The molecule has 1 saturated carbocycles. The smallest absolute Gasteiger partial charge is 0.332 e. The van der Waals surface area contributed by atoms with Gasteiger partial charge in [-0.2, -0.15) is 0 Å². The first kappa shape index (κ1) is 14.3. The lowest BCUT2D eigenvalue weighted by Gasteiger charge is -2.23. The Bertz CT molecular complexity index is 559. The van der Waals surface area contributed by atoms with E-state index in [9.17, 15) is 19.5 Å². The molecule has 3 atom stereocenters. The first-order chi connectivity index (χ1) is 10.0. The van der Waals surface area contributed by atoms with Gasteiger partial charge in [0.2, 0.25) is 11.8 Å². The van der Waals surface area contributed by atoms with Gasteiger partial charge in [-0.25, -0.2) is 4.79 Å². The Labute approximate surface area is 126 Å². The minimum atomic E-state index is -1.17. The van der Waals surface area contributed by atoms with Crippen LogP contribution in [0.1, 0.15) is 37.1 Å².